The van der Waals surface area contributed by atoms with E-state index in [1.807, 2.05) is 6.92 Å². The number of anilines is 2. The molecule has 7 nitrogen and oxygen atoms in total. The van der Waals surface area contributed by atoms with Crippen LogP contribution in [-0.2, 0) is 12.5 Å². The van der Waals surface area contributed by atoms with E-state index in [1.165, 1.54) is 4.52 Å². The Labute approximate surface area is 157 Å². The number of fused-ring (bicyclic) bond motifs is 1. The summed E-state index contributed by atoms with van der Waals surface area (Å²) < 4.78 is 44.5. The summed E-state index contributed by atoms with van der Waals surface area (Å²) in [5, 5.41) is 13.7. The zero-order valence-corrected chi connectivity index (χ0v) is 14.7. The number of rotatable bonds is 5. The largest absolute Gasteiger partial charge is 0.333 e. The summed E-state index contributed by atoms with van der Waals surface area (Å²) in [7, 11) is 0. The number of nitrogens with one attached hydrogen (secondary N) is 2. The third kappa shape index (κ3) is 3.18. The van der Waals surface area contributed by atoms with Crippen molar-refractivity contribution in [3.05, 3.63) is 71.1 Å². The van der Waals surface area contributed by atoms with E-state index in [1.54, 1.807) is 18.3 Å². The van der Waals surface area contributed by atoms with Crippen molar-refractivity contribution in [3.8, 4) is 0 Å². The van der Waals surface area contributed by atoms with Gasteiger partial charge in [0.2, 0.25) is 5.82 Å². The number of alkyl halides is 2. The van der Waals surface area contributed by atoms with E-state index >= 15 is 8.78 Å². The monoisotopic (exact) mass is 387 g/mol. The van der Waals surface area contributed by atoms with Crippen LogP contribution in [0.1, 0.15) is 22.6 Å². The summed E-state index contributed by atoms with van der Waals surface area (Å²) in [4.78, 5) is 4.04. The highest BCUT2D eigenvalue weighted by Gasteiger charge is 2.39. The van der Waals surface area contributed by atoms with Gasteiger partial charge in [-0.25, -0.2) is 13.9 Å². The molecule has 10 heteroatoms. The molecule has 144 valence electrons. The molecule has 0 aliphatic heterocycles. The molecule has 0 unspecified atom stereocenters. The minimum atomic E-state index is -3.53. The van der Waals surface area contributed by atoms with Crippen molar-refractivity contribution in [1.29, 1.82) is 0 Å². The van der Waals surface area contributed by atoms with Crippen molar-refractivity contribution in [2.45, 2.75) is 19.4 Å². The quantitative estimate of drug-likeness (QED) is 0.489. The van der Waals surface area contributed by atoms with E-state index < -0.39 is 23.1 Å². The normalized spacial score (nSPS) is 11.9. The fourth-order valence-electron chi connectivity index (χ4n) is 2.78. The van der Waals surface area contributed by atoms with Gasteiger partial charge in [0.15, 0.2) is 11.6 Å². The smallest absolute Gasteiger partial charge is 0.326 e. The van der Waals surface area contributed by atoms with Gasteiger partial charge in [-0.3, -0.25) is 5.10 Å². The fraction of sp³-hybridized carbons (Fsp3) is 0.167. The molecular formula is C18H16F3N7. The summed E-state index contributed by atoms with van der Waals surface area (Å²) in [5.41, 5.74) is 7.22. The van der Waals surface area contributed by atoms with Gasteiger partial charge >= 0.3 is 5.92 Å². The number of benzene rings is 1. The molecule has 4 rings (SSSR count). The first-order valence-electron chi connectivity index (χ1n) is 8.39. The molecule has 3 aromatic heterocycles. The van der Waals surface area contributed by atoms with E-state index in [0.717, 1.165) is 30.0 Å². The molecule has 4 aromatic rings. The van der Waals surface area contributed by atoms with E-state index in [9.17, 15) is 4.39 Å². The molecule has 0 atom stereocenters. The topological polar surface area (TPSA) is 96.9 Å². The van der Waals surface area contributed by atoms with Crippen molar-refractivity contribution in [2.75, 3.05) is 5.32 Å². The van der Waals surface area contributed by atoms with Gasteiger partial charge in [-0.05, 0) is 42.8 Å². The van der Waals surface area contributed by atoms with Crippen LogP contribution in [0.2, 0.25) is 0 Å². The summed E-state index contributed by atoms with van der Waals surface area (Å²) in [6, 6.07) is 7.37. The summed E-state index contributed by atoms with van der Waals surface area (Å²) in [5.74, 6) is -4.30. The van der Waals surface area contributed by atoms with E-state index in [0.29, 0.717) is 16.9 Å². The lowest BCUT2D eigenvalue weighted by molar-refractivity contribution is 0.0315. The maximum atomic E-state index is 15.0. The van der Waals surface area contributed by atoms with Crippen LogP contribution in [0.4, 0.5) is 24.8 Å². The second kappa shape index (κ2) is 6.64. The van der Waals surface area contributed by atoms with E-state index in [4.69, 9.17) is 5.73 Å². The van der Waals surface area contributed by atoms with Crippen LogP contribution < -0.4 is 11.1 Å². The van der Waals surface area contributed by atoms with Gasteiger partial charge in [0.25, 0.3) is 0 Å². The molecule has 0 bridgehead atoms. The molecule has 0 radical (unpaired) electrons. The molecule has 0 aliphatic rings. The van der Waals surface area contributed by atoms with Crippen LogP contribution in [0.3, 0.4) is 0 Å². The number of halogens is 3. The first-order chi connectivity index (χ1) is 13.4. The number of aromatic nitrogens is 5. The van der Waals surface area contributed by atoms with Gasteiger partial charge in [0, 0.05) is 30.1 Å². The molecule has 4 N–H and O–H groups in total. The van der Waals surface area contributed by atoms with Crippen LogP contribution in [0.25, 0.3) is 5.52 Å². The van der Waals surface area contributed by atoms with Crippen molar-refractivity contribution in [3.63, 3.8) is 0 Å². The Balaban J connectivity index is 1.85. The Hall–Kier alpha value is -3.40. The molecule has 0 amide bonds. The minimum absolute atomic E-state index is 0.151. The van der Waals surface area contributed by atoms with Gasteiger partial charge in [0.05, 0.1) is 0 Å². The summed E-state index contributed by atoms with van der Waals surface area (Å²) in [6.07, 6.45) is 1.56. The highest BCUT2D eigenvalue weighted by molar-refractivity contribution is 5.73. The Bertz CT molecular complexity index is 1130. The minimum Gasteiger partial charge on any atom is -0.326 e. The van der Waals surface area contributed by atoms with Crippen LogP contribution >= 0.6 is 0 Å². The molecule has 0 fully saturated rings. The van der Waals surface area contributed by atoms with Crippen LogP contribution in [0.5, 0.6) is 0 Å². The van der Waals surface area contributed by atoms with E-state index in [-0.39, 0.29) is 12.4 Å². The molecular weight excluding hydrogens is 371 g/mol. The van der Waals surface area contributed by atoms with Crippen LogP contribution in [0.15, 0.2) is 42.6 Å². The molecule has 0 aliphatic carbocycles. The number of hydrogen-bond acceptors (Lipinski definition) is 5. The number of hydrogen-bond donors (Lipinski definition) is 3. The Kier molecular flexibility index (Phi) is 4.27. The maximum absolute atomic E-state index is 15.0. The van der Waals surface area contributed by atoms with Crippen molar-refractivity contribution >= 4 is 17.2 Å². The third-order valence-corrected chi connectivity index (χ3v) is 4.20. The molecule has 1 aromatic carbocycles. The average molecular weight is 387 g/mol. The van der Waals surface area contributed by atoms with Crippen molar-refractivity contribution < 1.29 is 13.2 Å². The zero-order chi connectivity index (χ0) is 19.9. The average Bonchev–Trinajstić information content (AvgIpc) is 3.27. The van der Waals surface area contributed by atoms with Gasteiger partial charge in [-0.1, -0.05) is 0 Å². The highest BCUT2D eigenvalue weighted by Crippen LogP contribution is 2.35. The van der Waals surface area contributed by atoms with E-state index in [2.05, 4.69) is 25.6 Å². The van der Waals surface area contributed by atoms with Gasteiger partial charge in [-0.2, -0.15) is 13.9 Å². The molecule has 3 heterocycles. The summed E-state index contributed by atoms with van der Waals surface area (Å²) >= 11 is 0. The lowest BCUT2D eigenvalue weighted by Crippen LogP contribution is -2.21. The van der Waals surface area contributed by atoms with Gasteiger partial charge < -0.3 is 11.1 Å². The zero-order valence-electron chi connectivity index (χ0n) is 14.7. The van der Waals surface area contributed by atoms with Gasteiger partial charge in [0.1, 0.15) is 11.3 Å². The number of aryl methyl sites for hydroxylation is 1. The second-order valence-electron chi connectivity index (χ2n) is 6.31. The first kappa shape index (κ1) is 18.0. The SMILES string of the molecule is Cc1cc(Nc2nc(C(F)(F)c3ccc(F)cc3)nn3cc(CN)cc23)n[nH]1. The number of nitrogens with two attached hydrogens (primary N) is 1. The predicted octanol–water partition coefficient (Wildman–Crippen LogP) is 3.24. The third-order valence-electron chi connectivity index (χ3n) is 4.20. The second-order valence-corrected chi connectivity index (χ2v) is 6.31. The Morgan fingerprint density at radius 1 is 1.21 bits per heavy atom. The standard InChI is InChI=1S/C18H16F3N7/c1-10-6-15(26-25-10)23-16-14-7-11(8-22)9-28(14)27-17(24-16)18(20,21)12-2-4-13(19)5-3-12/h2-7,9H,8,22H2,1H3,(H2,23,24,25,26,27). The summed E-state index contributed by atoms with van der Waals surface area (Å²) in [6.45, 7) is 2.03. The maximum Gasteiger partial charge on any atom is 0.333 e. The predicted molar refractivity (Wildman–Crippen MR) is 96.9 cm³/mol. The number of aromatic amines is 1. The molecule has 28 heavy (non-hydrogen) atoms. The van der Waals surface area contributed by atoms with Crippen molar-refractivity contribution in [2.24, 2.45) is 5.73 Å². The lowest BCUT2D eigenvalue weighted by Gasteiger charge is -2.16. The van der Waals surface area contributed by atoms with Crippen molar-refractivity contribution in [1.82, 2.24) is 24.8 Å². The Morgan fingerprint density at radius 3 is 2.61 bits per heavy atom. The first-order valence-corrected chi connectivity index (χ1v) is 8.39. The van der Waals surface area contributed by atoms with Crippen LogP contribution in [0, 0.1) is 12.7 Å². The number of H-pyrrole nitrogens is 1. The molecule has 0 spiro atoms. The molecule has 0 saturated carbocycles. The Morgan fingerprint density at radius 2 is 1.96 bits per heavy atom. The number of nitrogens with zero attached hydrogens (tertiary/aromatic N) is 4. The highest BCUT2D eigenvalue weighted by atomic mass is 19.3. The van der Waals surface area contributed by atoms with Crippen LogP contribution in [-0.4, -0.2) is 24.8 Å². The molecule has 0 saturated heterocycles. The van der Waals surface area contributed by atoms with Gasteiger partial charge in [-0.15, -0.1) is 5.10 Å². The fourth-order valence-corrected chi connectivity index (χ4v) is 2.78. The lowest BCUT2D eigenvalue weighted by atomic mass is 10.1.